The van der Waals surface area contributed by atoms with Crippen molar-refractivity contribution in [3.05, 3.63) is 94.5 Å². The molecule has 0 aliphatic carbocycles. The van der Waals surface area contributed by atoms with Gasteiger partial charge in [0.05, 0.1) is 29.4 Å². The molecular formula is C22H15F2N3O3. The van der Waals surface area contributed by atoms with Crippen LogP contribution >= 0.6 is 0 Å². The van der Waals surface area contributed by atoms with Crippen LogP contribution in [0.5, 0.6) is 5.75 Å². The number of carbonyl (C=O) groups is 1. The smallest absolute Gasteiger partial charge is 0.265 e. The van der Waals surface area contributed by atoms with Gasteiger partial charge in [0.1, 0.15) is 23.7 Å². The monoisotopic (exact) mass is 407 g/mol. The topological polar surface area (TPSA) is 73.2 Å². The van der Waals surface area contributed by atoms with E-state index in [4.69, 9.17) is 4.74 Å². The van der Waals surface area contributed by atoms with E-state index < -0.39 is 17.5 Å². The maximum Gasteiger partial charge on any atom is 0.265 e. The number of hydrogen-bond acceptors (Lipinski definition) is 4. The first-order chi connectivity index (χ1) is 14.5. The van der Waals surface area contributed by atoms with Gasteiger partial charge in [-0.1, -0.05) is 12.1 Å². The SMILES string of the molecule is COc1ccccc1-n1cnc2cc(C(=O)Nc3ccc(F)cc3F)ccc2c1=O. The predicted molar refractivity (Wildman–Crippen MR) is 108 cm³/mol. The van der Waals surface area contributed by atoms with Crippen LogP contribution in [-0.4, -0.2) is 22.6 Å². The number of benzene rings is 3. The summed E-state index contributed by atoms with van der Waals surface area (Å²) >= 11 is 0. The van der Waals surface area contributed by atoms with Gasteiger partial charge in [0.15, 0.2) is 0 Å². The average Bonchev–Trinajstić information content (AvgIpc) is 2.75. The largest absolute Gasteiger partial charge is 0.495 e. The number of nitrogens with zero attached hydrogens (tertiary/aromatic N) is 2. The molecule has 0 radical (unpaired) electrons. The van der Waals surface area contributed by atoms with Gasteiger partial charge < -0.3 is 10.1 Å². The quantitative estimate of drug-likeness (QED) is 0.557. The molecule has 1 heterocycles. The highest BCUT2D eigenvalue weighted by Crippen LogP contribution is 2.22. The van der Waals surface area contributed by atoms with E-state index in [9.17, 15) is 18.4 Å². The zero-order valence-electron chi connectivity index (χ0n) is 15.7. The fourth-order valence-electron chi connectivity index (χ4n) is 3.05. The van der Waals surface area contributed by atoms with Gasteiger partial charge in [-0.25, -0.2) is 13.8 Å². The van der Waals surface area contributed by atoms with Crippen LogP contribution in [0.3, 0.4) is 0 Å². The number of halogens is 2. The minimum absolute atomic E-state index is 0.152. The maximum atomic E-state index is 13.8. The molecule has 0 aliphatic rings. The lowest BCUT2D eigenvalue weighted by molar-refractivity contribution is 0.102. The van der Waals surface area contributed by atoms with Gasteiger partial charge in [0, 0.05) is 11.6 Å². The van der Waals surface area contributed by atoms with Crippen molar-refractivity contribution in [1.29, 1.82) is 0 Å². The van der Waals surface area contributed by atoms with Crippen molar-refractivity contribution in [2.24, 2.45) is 0 Å². The molecule has 0 saturated heterocycles. The second-order valence-electron chi connectivity index (χ2n) is 6.40. The third-order valence-electron chi connectivity index (χ3n) is 4.55. The fourth-order valence-corrected chi connectivity index (χ4v) is 3.05. The molecule has 6 nitrogen and oxygen atoms in total. The standard InChI is InChI=1S/C22H15F2N3O3/c1-30-20-5-3-2-4-19(20)27-12-25-18-10-13(6-8-15(18)22(27)29)21(28)26-17-9-7-14(23)11-16(17)24/h2-12H,1H3,(H,26,28). The van der Waals surface area contributed by atoms with Crippen molar-refractivity contribution in [1.82, 2.24) is 9.55 Å². The van der Waals surface area contributed by atoms with E-state index in [-0.39, 0.29) is 16.8 Å². The van der Waals surface area contributed by atoms with Crippen molar-refractivity contribution in [2.75, 3.05) is 12.4 Å². The maximum absolute atomic E-state index is 13.8. The number of ether oxygens (including phenoxy) is 1. The Morgan fingerprint density at radius 3 is 2.63 bits per heavy atom. The molecule has 4 aromatic rings. The Kier molecular flexibility index (Phi) is 4.97. The number of para-hydroxylation sites is 2. The minimum atomic E-state index is -0.887. The van der Waals surface area contributed by atoms with E-state index in [1.165, 1.54) is 36.2 Å². The van der Waals surface area contributed by atoms with Crippen molar-refractivity contribution in [3.8, 4) is 11.4 Å². The van der Waals surface area contributed by atoms with Crippen molar-refractivity contribution >= 4 is 22.5 Å². The molecule has 0 bridgehead atoms. The first-order valence-corrected chi connectivity index (χ1v) is 8.89. The van der Waals surface area contributed by atoms with Gasteiger partial charge in [0.2, 0.25) is 0 Å². The van der Waals surface area contributed by atoms with Crippen molar-refractivity contribution in [2.45, 2.75) is 0 Å². The molecule has 30 heavy (non-hydrogen) atoms. The highest BCUT2D eigenvalue weighted by molar-refractivity contribution is 6.06. The first-order valence-electron chi connectivity index (χ1n) is 8.89. The summed E-state index contributed by atoms with van der Waals surface area (Å²) in [6.45, 7) is 0. The number of amides is 1. The van der Waals surface area contributed by atoms with Crippen LogP contribution in [0.15, 0.2) is 71.8 Å². The van der Waals surface area contributed by atoms with Crippen molar-refractivity contribution in [3.63, 3.8) is 0 Å². The molecule has 1 amide bonds. The zero-order chi connectivity index (χ0) is 21.3. The minimum Gasteiger partial charge on any atom is -0.495 e. The van der Waals surface area contributed by atoms with Crippen LogP contribution in [0, 0.1) is 11.6 Å². The Labute approximate surface area is 169 Å². The number of aromatic nitrogens is 2. The number of methoxy groups -OCH3 is 1. The van der Waals surface area contributed by atoms with Gasteiger partial charge in [-0.05, 0) is 42.5 Å². The first kappa shape index (κ1) is 19.3. The summed E-state index contributed by atoms with van der Waals surface area (Å²) in [5.74, 6) is -1.73. The van der Waals surface area contributed by atoms with Crippen LogP contribution in [-0.2, 0) is 0 Å². The molecule has 0 fully saturated rings. The Balaban J connectivity index is 1.70. The molecule has 0 aliphatic heterocycles. The van der Waals surface area contributed by atoms with E-state index in [2.05, 4.69) is 10.3 Å². The summed E-state index contributed by atoms with van der Waals surface area (Å²) in [5, 5.41) is 2.68. The van der Waals surface area contributed by atoms with Crippen LogP contribution in [0.25, 0.3) is 16.6 Å². The number of nitrogens with one attached hydrogen (secondary N) is 1. The Morgan fingerprint density at radius 2 is 1.87 bits per heavy atom. The molecule has 0 atom stereocenters. The Bertz CT molecular complexity index is 1340. The lowest BCUT2D eigenvalue weighted by Crippen LogP contribution is -2.20. The van der Waals surface area contributed by atoms with Gasteiger partial charge >= 0.3 is 0 Å². The zero-order valence-corrected chi connectivity index (χ0v) is 15.7. The summed E-state index contributed by atoms with van der Waals surface area (Å²) in [7, 11) is 1.51. The summed E-state index contributed by atoms with van der Waals surface area (Å²) in [5.41, 5.74) is 0.529. The molecule has 0 saturated carbocycles. The summed E-state index contributed by atoms with van der Waals surface area (Å²) < 4.78 is 33.5. The van der Waals surface area contributed by atoms with Crippen LogP contribution in [0.1, 0.15) is 10.4 Å². The number of carbonyl (C=O) groups excluding carboxylic acids is 1. The molecule has 0 spiro atoms. The molecule has 0 unspecified atom stereocenters. The molecule has 8 heteroatoms. The predicted octanol–water partition coefficient (Wildman–Crippen LogP) is 3.92. The molecular weight excluding hydrogens is 392 g/mol. The number of fused-ring (bicyclic) bond motifs is 1. The summed E-state index contributed by atoms with van der Waals surface area (Å²) in [6, 6.07) is 14.2. The second-order valence-corrected chi connectivity index (χ2v) is 6.40. The van der Waals surface area contributed by atoms with Crippen LogP contribution in [0.4, 0.5) is 14.5 Å². The van der Waals surface area contributed by atoms with Gasteiger partial charge in [-0.2, -0.15) is 0 Å². The molecule has 150 valence electrons. The highest BCUT2D eigenvalue weighted by atomic mass is 19.1. The van der Waals surface area contributed by atoms with Crippen LogP contribution in [0.2, 0.25) is 0 Å². The summed E-state index contributed by atoms with van der Waals surface area (Å²) in [4.78, 5) is 29.7. The molecule has 1 aromatic heterocycles. The van der Waals surface area contributed by atoms with Crippen LogP contribution < -0.4 is 15.6 Å². The van der Waals surface area contributed by atoms with Gasteiger partial charge in [-0.15, -0.1) is 0 Å². The van der Waals surface area contributed by atoms with E-state index in [0.717, 1.165) is 12.1 Å². The number of anilines is 1. The molecule has 1 N–H and O–H groups in total. The van der Waals surface area contributed by atoms with E-state index in [0.29, 0.717) is 28.4 Å². The van der Waals surface area contributed by atoms with E-state index >= 15 is 0 Å². The molecule has 3 aromatic carbocycles. The number of hydrogen-bond donors (Lipinski definition) is 1. The lowest BCUT2D eigenvalue weighted by atomic mass is 10.1. The summed E-state index contributed by atoms with van der Waals surface area (Å²) in [6.07, 6.45) is 1.35. The Hall–Kier alpha value is -4.07. The highest BCUT2D eigenvalue weighted by Gasteiger charge is 2.14. The van der Waals surface area contributed by atoms with E-state index in [1.807, 2.05) is 0 Å². The lowest BCUT2D eigenvalue weighted by Gasteiger charge is -2.11. The van der Waals surface area contributed by atoms with Gasteiger partial charge in [0.25, 0.3) is 11.5 Å². The third-order valence-corrected chi connectivity index (χ3v) is 4.55. The second kappa shape index (κ2) is 7.75. The molecule has 4 rings (SSSR count). The van der Waals surface area contributed by atoms with Crippen molar-refractivity contribution < 1.29 is 18.3 Å². The fraction of sp³-hybridized carbons (Fsp3) is 0.0455. The Morgan fingerprint density at radius 1 is 1.07 bits per heavy atom. The average molecular weight is 407 g/mol. The van der Waals surface area contributed by atoms with Gasteiger partial charge in [-0.3, -0.25) is 14.2 Å². The van der Waals surface area contributed by atoms with E-state index in [1.54, 1.807) is 24.3 Å². The normalized spacial score (nSPS) is 10.8. The third kappa shape index (κ3) is 3.50. The number of rotatable bonds is 4.